The van der Waals surface area contributed by atoms with Gasteiger partial charge in [-0.3, -0.25) is 0 Å². The number of benzene rings is 1. The molecule has 0 fully saturated rings. The normalized spacial score (nSPS) is 11.1. The predicted molar refractivity (Wildman–Crippen MR) is 81.0 cm³/mol. The molecule has 3 aromatic rings. The second-order valence-corrected chi connectivity index (χ2v) is 6.02. The van der Waals surface area contributed by atoms with Crippen LogP contribution in [0, 0.1) is 0 Å². The zero-order valence-electron chi connectivity index (χ0n) is 9.07. The Balaban J connectivity index is 2.26. The molecule has 2 aromatic heterocycles. The molecule has 3 rings (SSSR count). The molecule has 0 bridgehead atoms. The number of aromatic nitrogens is 2. The van der Waals surface area contributed by atoms with E-state index in [1.807, 2.05) is 47.1 Å². The van der Waals surface area contributed by atoms with Crippen molar-refractivity contribution >= 4 is 49.1 Å². The molecule has 0 unspecified atom stereocenters. The fourth-order valence-corrected chi connectivity index (χ4v) is 3.35. The lowest BCUT2D eigenvalue weighted by Gasteiger charge is -1.97. The summed E-state index contributed by atoms with van der Waals surface area (Å²) >= 11 is 13.2. The molecular formula is C13H7Br2ClN2. The molecule has 0 aliphatic heterocycles. The van der Waals surface area contributed by atoms with Crippen LogP contribution in [0.2, 0.25) is 5.02 Å². The maximum atomic E-state index is 6.19. The molecule has 1 aromatic carbocycles. The van der Waals surface area contributed by atoms with E-state index in [9.17, 15) is 0 Å². The van der Waals surface area contributed by atoms with Gasteiger partial charge in [-0.1, -0.05) is 29.8 Å². The Morgan fingerprint density at radius 1 is 1.11 bits per heavy atom. The number of imidazole rings is 1. The first-order chi connectivity index (χ1) is 8.65. The average molecular weight is 386 g/mol. The lowest BCUT2D eigenvalue weighted by Crippen LogP contribution is -1.83. The van der Waals surface area contributed by atoms with Crippen LogP contribution in [0.4, 0.5) is 0 Å². The van der Waals surface area contributed by atoms with Gasteiger partial charge in [0.25, 0.3) is 0 Å². The minimum atomic E-state index is 0.705. The highest BCUT2D eigenvalue weighted by molar-refractivity contribution is 9.11. The van der Waals surface area contributed by atoms with Crippen LogP contribution in [0.15, 0.2) is 51.7 Å². The molecule has 0 aliphatic rings. The Bertz CT molecular complexity index is 737. The van der Waals surface area contributed by atoms with Crippen molar-refractivity contribution in [3.63, 3.8) is 0 Å². The minimum Gasteiger partial charge on any atom is -0.304 e. The van der Waals surface area contributed by atoms with E-state index in [-0.39, 0.29) is 0 Å². The average Bonchev–Trinajstić information content (AvgIpc) is 2.73. The number of rotatable bonds is 1. The molecule has 0 N–H and O–H groups in total. The van der Waals surface area contributed by atoms with Gasteiger partial charge in [0.15, 0.2) is 5.65 Å². The Hall–Kier alpha value is -0.840. The lowest BCUT2D eigenvalue weighted by atomic mass is 10.2. The molecule has 2 heterocycles. The van der Waals surface area contributed by atoms with Crippen molar-refractivity contribution in [1.82, 2.24) is 9.38 Å². The molecule has 2 nitrogen and oxygen atoms in total. The van der Waals surface area contributed by atoms with Crippen molar-refractivity contribution in [3.05, 3.63) is 56.7 Å². The van der Waals surface area contributed by atoms with Gasteiger partial charge in [-0.2, -0.15) is 0 Å². The number of halogens is 3. The molecule has 0 atom stereocenters. The third-order valence-electron chi connectivity index (χ3n) is 2.62. The lowest BCUT2D eigenvalue weighted by molar-refractivity contribution is 1.17. The Morgan fingerprint density at radius 2 is 1.89 bits per heavy atom. The van der Waals surface area contributed by atoms with Crippen molar-refractivity contribution in [2.75, 3.05) is 0 Å². The molecule has 0 amide bonds. The summed E-state index contributed by atoms with van der Waals surface area (Å²) in [6.45, 7) is 0. The topological polar surface area (TPSA) is 17.3 Å². The van der Waals surface area contributed by atoms with E-state index in [1.54, 1.807) is 0 Å². The second kappa shape index (κ2) is 4.68. The van der Waals surface area contributed by atoms with Crippen molar-refractivity contribution in [3.8, 4) is 11.3 Å². The highest BCUT2D eigenvalue weighted by Gasteiger charge is 2.10. The monoisotopic (exact) mass is 384 g/mol. The van der Waals surface area contributed by atoms with Crippen LogP contribution in [0.1, 0.15) is 0 Å². The highest BCUT2D eigenvalue weighted by Crippen LogP contribution is 2.29. The van der Waals surface area contributed by atoms with Crippen molar-refractivity contribution < 1.29 is 0 Å². The van der Waals surface area contributed by atoms with Gasteiger partial charge < -0.3 is 4.40 Å². The highest BCUT2D eigenvalue weighted by atomic mass is 79.9. The molecule has 0 aliphatic carbocycles. The minimum absolute atomic E-state index is 0.705. The maximum absolute atomic E-state index is 6.19. The van der Waals surface area contributed by atoms with Crippen LogP contribution in [-0.2, 0) is 0 Å². The number of pyridine rings is 1. The zero-order valence-corrected chi connectivity index (χ0v) is 13.0. The van der Waals surface area contributed by atoms with Crippen molar-refractivity contribution in [1.29, 1.82) is 0 Å². The van der Waals surface area contributed by atoms with E-state index >= 15 is 0 Å². The van der Waals surface area contributed by atoms with Crippen molar-refractivity contribution in [2.24, 2.45) is 0 Å². The third kappa shape index (κ3) is 2.09. The van der Waals surface area contributed by atoms with Crippen LogP contribution in [0.5, 0.6) is 0 Å². The number of fused-ring (bicyclic) bond motifs is 1. The number of hydrogen-bond acceptors (Lipinski definition) is 1. The largest absolute Gasteiger partial charge is 0.304 e. The van der Waals surface area contributed by atoms with Crippen molar-refractivity contribution in [2.45, 2.75) is 0 Å². The SMILES string of the molecule is Clc1ccccc1-c1cn2cc(Br)cc(Br)c2n1. The van der Waals surface area contributed by atoms with E-state index in [0.717, 1.165) is 25.8 Å². The zero-order chi connectivity index (χ0) is 12.7. The molecule has 18 heavy (non-hydrogen) atoms. The Labute approximate surface area is 126 Å². The first-order valence-electron chi connectivity index (χ1n) is 5.24. The first kappa shape index (κ1) is 12.2. The van der Waals surface area contributed by atoms with Gasteiger partial charge in [-0.05, 0) is 44.0 Å². The summed E-state index contributed by atoms with van der Waals surface area (Å²) in [6, 6.07) is 9.67. The quantitative estimate of drug-likeness (QED) is 0.563. The fraction of sp³-hybridized carbons (Fsp3) is 0. The second-order valence-electron chi connectivity index (χ2n) is 3.84. The summed E-state index contributed by atoms with van der Waals surface area (Å²) < 4.78 is 3.90. The first-order valence-corrected chi connectivity index (χ1v) is 7.20. The van der Waals surface area contributed by atoms with Gasteiger partial charge >= 0.3 is 0 Å². The Kier molecular flexibility index (Phi) is 3.18. The van der Waals surface area contributed by atoms with Gasteiger partial charge in [0, 0.05) is 22.4 Å². The fourth-order valence-electron chi connectivity index (χ4n) is 1.82. The van der Waals surface area contributed by atoms with Gasteiger partial charge in [0.05, 0.1) is 15.2 Å². The predicted octanol–water partition coefficient (Wildman–Crippen LogP) is 5.18. The van der Waals surface area contributed by atoms with E-state index in [2.05, 4.69) is 36.8 Å². The van der Waals surface area contributed by atoms with E-state index < -0.39 is 0 Å². The van der Waals surface area contributed by atoms with E-state index in [0.29, 0.717) is 5.02 Å². The molecule has 0 saturated heterocycles. The summed E-state index contributed by atoms with van der Waals surface area (Å²) in [7, 11) is 0. The van der Waals surface area contributed by atoms with E-state index in [1.165, 1.54) is 0 Å². The third-order valence-corrected chi connectivity index (χ3v) is 3.97. The summed E-state index contributed by atoms with van der Waals surface area (Å²) in [5, 5.41) is 0.705. The molecule has 90 valence electrons. The number of hydrogen-bond donors (Lipinski definition) is 0. The molecular weight excluding hydrogens is 379 g/mol. The van der Waals surface area contributed by atoms with E-state index in [4.69, 9.17) is 11.6 Å². The van der Waals surface area contributed by atoms with Gasteiger partial charge in [-0.25, -0.2) is 4.98 Å². The van der Waals surface area contributed by atoms with Crippen LogP contribution < -0.4 is 0 Å². The van der Waals surface area contributed by atoms with Gasteiger partial charge in [0.2, 0.25) is 0 Å². The van der Waals surface area contributed by atoms with Crippen LogP contribution in [0.3, 0.4) is 0 Å². The summed E-state index contributed by atoms with van der Waals surface area (Å²) in [4.78, 5) is 4.60. The maximum Gasteiger partial charge on any atom is 0.151 e. The molecule has 0 radical (unpaired) electrons. The molecule has 0 saturated carbocycles. The van der Waals surface area contributed by atoms with Gasteiger partial charge in [-0.15, -0.1) is 0 Å². The van der Waals surface area contributed by atoms with Crippen LogP contribution >= 0.6 is 43.5 Å². The Morgan fingerprint density at radius 3 is 2.67 bits per heavy atom. The van der Waals surface area contributed by atoms with Crippen LogP contribution in [-0.4, -0.2) is 9.38 Å². The smallest absolute Gasteiger partial charge is 0.151 e. The van der Waals surface area contributed by atoms with Crippen LogP contribution in [0.25, 0.3) is 16.9 Å². The summed E-state index contributed by atoms with van der Waals surface area (Å²) in [5.74, 6) is 0. The summed E-state index contributed by atoms with van der Waals surface area (Å²) in [6.07, 6.45) is 3.93. The summed E-state index contributed by atoms with van der Waals surface area (Å²) in [5.41, 5.74) is 2.67. The van der Waals surface area contributed by atoms with Gasteiger partial charge in [0.1, 0.15) is 0 Å². The number of nitrogens with zero attached hydrogens (tertiary/aromatic N) is 2. The molecule has 5 heteroatoms. The molecule has 0 spiro atoms. The standard InChI is InChI=1S/C13H7Br2ClN2/c14-8-5-10(15)13-17-12(7-18(13)6-8)9-3-1-2-4-11(9)16/h1-7H.